The molecule has 0 aromatic heterocycles. The summed E-state index contributed by atoms with van der Waals surface area (Å²) in [5.41, 5.74) is 2.08. The fraction of sp³-hybridized carbons (Fsp3) is 0.409. The Morgan fingerprint density at radius 2 is 1.97 bits per heavy atom. The molecule has 0 bridgehead atoms. The standard InChI is InChI=1S/C22H31N5O3S.HI/c1-23-22(26-19-11-13-27(17-19)20-8-4-3-5-9-20)24-16-18-7-6-10-21(15-18)31(28,29)25-12-14-30-2;/h3-10,15,19,25H,11-14,16-17H2,1-2H3,(H2,23,24,26);1H. The predicted octanol–water partition coefficient (Wildman–Crippen LogP) is 2.17. The van der Waals surface area contributed by atoms with Crippen molar-refractivity contribution in [3.63, 3.8) is 0 Å². The zero-order valence-electron chi connectivity index (χ0n) is 18.5. The first-order valence-electron chi connectivity index (χ1n) is 10.4. The van der Waals surface area contributed by atoms with Gasteiger partial charge in [0.2, 0.25) is 10.0 Å². The lowest BCUT2D eigenvalue weighted by atomic mass is 10.2. The molecule has 3 N–H and O–H groups in total. The van der Waals surface area contributed by atoms with Gasteiger partial charge in [-0.1, -0.05) is 30.3 Å². The highest BCUT2D eigenvalue weighted by atomic mass is 127. The van der Waals surface area contributed by atoms with Crippen molar-refractivity contribution in [3.05, 3.63) is 60.2 Å². The fourth-order valence-electron chi connectivity index (χ4n) is 3.51. The molecule has 2 aromatic rings. The molecule has 176 valence electrons. The lowest BCUT2D eigenvalue weighted by molar-refractivity contribution is 0.204. The zero-order chi connectivity index (χ0) is 22.1. The van der Waals surface area contributed by atoms with E-state index in [1.807, 2.05) is 12.1 Å². The highest BCUT2D eigenvalue weighted by Gasteiger charge is 2.23. The number of nitrogens with one attached hydrogen (secondary N) is 3. The average Bonchev–Trinajstić information content (AvgIpc) is 3.26. The monoisotopic (exact) mass is 573 g/mol. The summed E-state index contributed by atoms with van der Waals surface area (Å²) >= 11 is 0. The minimum Gasteiger partial charge on any atom is -0.383 e. The maximum Gasteiger partial charge on any atom is 0.240 e. The largest absolute Gasteiger partial charge is 0.383 e. The maximum absolute atomic E-state index is 12.4. The van der Waals surface area contributed by atoms with Crippen LogP contribution in [0.2, 0.25) is 0 Å². The highest BCUT2D eigenvalue weighted by Crippen LogP contribution is 2.19. The number of anilines is 1. The Morgan fingerprint density at radius 3 is 2.69 bits per heavy atom. The van der Waals surface area contributed by atoms with E-state index in [0.717, 1.165) is 25.1 Å². The van der Waals surface area contributed by atoms with Crippen molar-refractivity contribution in [1.29, 1.82) is 0 Å². The van der Waals surface area contributed by atoms with Gasteiger partial charge in [-0.3, -0.25) is 4.99 Å². The van der Waals surface area contributed by atoms with Gasteiger partial charge in [0.05, 0.1) is 11.5 Å². The van der Waals surface area contributed by atoms with E-state index in [-0.39, 0.29) is 35.4 Å². The molecule has 1 aliphatic heterocycles. The Bertz CT molecular complexity index is 973. The third kappa shape index (κ3) is 7.61. The van der Waals surface area contributed by atoms with Crippen LogP contribution in [0.5, 0.6) is 0 Å². The Hall–Kier alpha value is -1.89. The van der Waals surface area contributed by atoms with Crippen LogP contribution in [-0.2, 0) is 21.3 Å². The summed E-state index contributed by atoms with van der Waals surface area (Å²) in [5, 5.41) is 6.75. The van der Waals surface area contributed by atoms with Gasteiger partial charge in [0.15, 0.2) is 5.96 Å². The van der Waals surface area contributed by atoms with Gasteiger partial charge in [0, 0.05) is 52.1 Å². The molecule has 32 heavy (non-hydrogen) atoms. The number of nitrogens with zero attached hydrogens (tertiary/aromatic N) is 2. The number of guanidine groups is 1. The van der Waals surface area contributed by atoms with Gasteiger partial charge in [0.25, 0.3) is 0 Å². The molecule has 8 nitrogen and oxygen atoms in total. The molecule has 1 heterocycles. The normalized spacial score (nSPS) is 16.5. The maximum atomic E-state index is 12.4. The molecule has 10 heteroatoms. The Labute approximate surface area is 207 Å². The van der Waals surface area contributed by atoms with Gasteiger partial charge in [-0.05, 0) is 36.2 Å². The number of hydrogen-bond acceptors (Lipinski definition) is 5. The molecule has 1 unspecified atom stereocenters. The van der Waals surface area contributed by atoms with E-state index < -0.39 is 10.0 Å². The zero-order valence-corrected chi connectivity index (χ0v) is 21.6. The van der Waals surface area contributed by atoms with Gasteiger partial charge >= 0.3 is 0 Å². The predicted molar refractivity (Wildman–Crippen MR) is 139 cm³/mol. The first kappa shape index (κ1) is 26.4. The second kappa shape index (κ2) is 13.0. The van der Waals surface area contributed by atoms with Gasteiger partial charge in [-0.2, -0.15) is 0 Å². The van der Waals surface area contributed by atoms with E-state index in [2.05, 4.69) is 49.5 Å². The molecule has 1 fully saturated rings. The minimum atomic E-state index is -3.56. The number of halogens is 1. The lowest BCUT2D eigenvalue weighted by Gasteiger charge is -2.20. The SMILES string of the molecule is CN=C(NCc1cccc(S(=O)(=O)NCCOC)c1)NC1CCN(c2ccccc2)C1.I. The molecule has 0 radical (unpaired) electrons. The quantitative estimate of drug-likeness (QED) is 0.184. The number of rotatable bonds is 9. The van der Waals surface area contributed by atoms with E-state index in [1.54, 1.807) is 25.2 Å². The number of ether oxygens (including phenoxy) is 1. The van der Waals surface area contributed by atoms with Crippen LogP contribution in [0.4, 0.5) is 5.69 Å². The summed E-state index contributed by atoms with van der Waals surface area (Å²) in [6.45, 7) is 2.93. The number of sulfonamides is 1. The summed E-state index contributed by atoms with van der Waals surface area (Å²) in [4.78, 5) is 6.91. The van der Waals surface area contributed by atoms with E-state index in [0.29, 0.717) is 25.2 Å². The molecular weight excluding hydrogens is 541 g/mol. The van der Waals surface area contributed by atoms with E-state index in [1.165, 1.54) is 12.8 Å². The van der Waals surface area contributed by atoms with Crippen molar-refractivity contribution in [2.24, 2.45) is 4.99 Å². The number of methoxy groups -OCH3 is 1. The number of aliphatic imine (C=N–C) groups is 1. The number of para-hydroxylation sites is 1. The van der Waals surface area contributed by atoms with Crippen LogP contribution in [0.3, 0.4) is 0 Å². The summed E-state index contributed by atoms with van der Waals surface area (Å²) < 4.78 is 32.2. The Kier molecular flexibility index (Phi) is 10.7. The summed E-state index contributed by atoms with van der Waals surface area (Å²) in [6, 6.07) is 17.6. The van der Waals surface area contributed by atoms with Crippen LogP contribution in [0, 0.1) is 0 Å². The van der Waals surface area contributed by atoms with Gasteiger partial charge in [-0.15, -0.1) is 24.0 Å². The second-order valence-electron chi connectivity index (χ2n) is 7.38. The van der Waals surface area contributed by atoms with Gasteiger partial charge in [0.1, 0.15) is 0 Å². The smallest absolute Gasteiger partial charge is 0.240 e. The average molecular weight is 574 g/mol. The molecule has 1 saturated heterocycles. The third-order valence-corrected chi connectivity index (χ3v) is 6.60. The van der Waals surface area contributed by atoms with E-state index in [9.17, 15) is 8.42 Å². The first-order valence-corrected chi connectivity index (χ1v) is 11.8. The van der Waals surface area contributed by atoms with Crippen molar-refractivity contribution in [2.45, 2.75) is 23.9 Å². The number of hydrogen-bond donors (Lipinski definition) is 3. The van der Waals surface area contributed by atoms with Crippen molar-refractivity contribution in [3.8, 4) is 0 Å². The Morgan fingerprint density at radius 1 is 1.19 bits per heavy atom. The van der Waals surface area contributed by atoms with Crippen LogP contribution in [0.25, 0.3) is 0 Å². The molecule has 1 aliphatic rings. The molecule has 0 amide bonds. The Balaban J connectivity index is 0.00000363. The molecule has 1 atom stereocenters. The minimum absolute atomic E-state index is 0. The van der Waals surface area contributed by atoms with Crippen LogP contribution < -0.4 is 20.3 Å². The summed E-state index contributed by atoms with van der Waals surface area (Å²) in [5.74, 6) is 0.700. The van der Waals surface area contributed by atoms with Crippen molar-refractivity contribution in [1.82, 2.24) is 15.4 Å². The van der Waals surface area contributed by atoms with Crippen LogP contribution in [0.1, 0.15) is 12.0 Å². The summed E-state index contributed by atoms with van der Waals surface area (Å²) in [6.07, 6.45) is 1.02. The van der Waals surface area contributed by atoms with Crippen molar-refractivity contribution in [2.75, 3.05) is 45.3 Å². The van der Waals surface area contributed by atoms with Crippen LogP contribution in [0.15, 0.2) is 64.5 Å². The van der Waals surface area contributed by atoms with E-state index in [4.69, 9.17) is 4.74 Å². The van der Waals surface area contributed by atoms with Gasteiger partial charge in [-0.25, -0.2) is 13.1 Å². The van der Waals surface area contributed by atoms with Crippen molar-refractivity contribution < 1.29 is 13.2 Å². The highest BCUT2D eigenvalue weighted by molar-refractivity contribution is 14.0. The molecule has 0 aliphatic carbocycles. The van der Waals surface area contributed by atoms with Gasteiger partial charge < -0.3 is 20.3 Å². The molecular formula is C22H32IN5O3S. The number of benzene rings is 2. The fourth-order valence-corrected chi connectivity index (χ4v) is 4.59. The molecule has 2 aromatic carbocycles. The van der Waals surface area contributed by atoms with Crippen LogP contribution >= 0.6 is 24.0 Å². The van der Waals surface area contributed by atoms with E-state index >= 15 is 0 Å². The molecule has 3 rings (SSSR count). The topological polar surface area (TPSA) is 95.1 Å². The van der Waals surface area contributed by atoms with Crippen molar-refractivity contribution >= 4 is 45.6 Å². The lowest BCUT2D eigenvalue weighted by Crippen LogP contribution is -2.44. The molecule has 0 saturated carbocycles. The first-order chi connectivity index (χ1) is 15.0. The third-order valence-electron chi connectivity index (χ3n) is 5.14. The summed E-state index contributed by atoms with van der Waals surface area (Å²) in [7, 11) is -0.290. The van der Waals surface area contributed by atoms with Crippen LogP contribution in [-0.4, -0.2) is 60.8 Å². The molecule has 0 spiro atoms. The second-order valence-corrected chi connectivity index (χ2v) is 9.14.